The molecule has 2 aromatic heterocycles. The minimum atomic E-state index is -0.257. The van der Waals surface area contributed by atoms with Gasteiger partial charge in [0.25, 0.3) is 5.56 Å². The maximum Gasteiger partial charge on any atom is 0.280 e. The van der Waals surface area contributed by atoms with Gasteiger partial charge < -0.3 is 5.32 Å². The molecule has 0 unspecified atom stereocenters. The quantitative estimate of drug-likeness (QED) is 0.543. The van der Waals surface area contributed by atoms with E-state index in [1.807, 2.05) is 24.3 Å². The smallest absolute Gasteiger partial charge is 0.280 e. The normalized spacial score (nSPS) is 11.0. The van der Waals surface area contributed by atoms with E-state index in [4.69, 9.17) is 11.6 Å². The Morgan fingerprint density at radius 3 is 2.62 bits per heavy atom. The number of rotatable bonds is 5. The van der Waals surface area contributed by atoms with Crippen molar-refractivity contribution in [2.75, 3.05) is 5.32 Å². The van der Waals surface area contributed by atoms with Crippen LogP contribution in [0.2, 0.25) is 5.02 Å². The zero-order valence-corrected chi connectivity index (χ0v) is 16.6. The van der Waals surface area contributed by atoms with Crippen LogP contribution in [0.4, 0.5) is 5.69 Å². The van der Waals surface area contributed by atoms with Crippen molar-refractivity contribution in [3.8, 4) is 5.69 Å². The van der Waals surface area contributed by atoms with Crippen LogP contribution in [-0.2, 0) is 17.8 Å². The summed E-state index contributed by atoms with van der Waals surface area (Å²) < 4.78 is 3.00. The van der Waals surface area contributed by atoms with Gasteiger partial charge in [0.15, 0.2) is 5.65 Å². The lowest BCUT2D eigenvalue weighted by molar-refractivity contribution is -0.116. The molecule has 1 N–H and O–H groups in total. The second kappa shape index (κ2) is 7.93. The highest BCUT2D eigenvalue weighted by molar-refractivity contribution is 6.30. The number of nitrogens with zero attached hydrogens (tertiary/aromatic N) is 3. The summed E-state index contributed by atoms with van der Waals surface area (Å²) in [6.07, 6.45) is 2.53. The molecule has 4 rings (SSSR count). The van der Waals surface area contributed by atoms with Crippen LogP contribution in [0.3, 0.4) is 0 Å². The average molecular weight is 407 g/mol. The van der Waals surface area contributed by atoms with Crippen molar-refractivity contribution in [1.29, 1.82) is 0 Å². The van der Waals surface area contributed by atoms with Crippen LogP contribution in [-0.4, -0.2) is 20.3 Å². The molecule has 0 aliphatic carbocycles. The standard InChI is InChI=1S/C22H19ClN4O2/c1-2-15-8-10-17(11-9-15)25-20(28)14-26-21-19(7-4-12-24-21)22(29)27(26)18-6-3-5-16(23)13-18/h3-13H,2,14H2,1H3,(H,25,28). The molecule has 0 aliphatic rings. The van der Waals surface area contributed by atoms with Crippen molar-refractivity contribution >= 4 is 34.2 Å². The van der Waals surface area contributed by atoms with Crippen molar-refractivity contribution < 1.29 is 4.79 Å². The molecule has 0 bridgehead atoms. The average Bonchev–Trinajstić information content (AvgIpc) is 3.00. The third-order valence-electron chi connectivity index (χ3n) is 4.69. The summed E-state index contributed by atoms with van der Waals surface area (Å²) in [5.74, 6) is -0.257. The zero-order valence-electron chi connectivity index (χ0n) is 15.8. The van der Waals surface area contributed by atoms with Gasteiger partial charge in [0.1, 0.15) is 6.54 Å². The number of amides is 1. The van der Waals surface area contributed by atoms with Crippen molar-refractivity contribution in [2.24, 2.45) is 0 Å². The maximum atomic E-state index is 13.0. The van der Waals surface area contributed by atoms with E-state index in [1.54, 1.807) is 47.3 Å². The number of aromatic nitrogens is 3. The summed E-state index contributed by atoms with van der Waals surface area (Å²) in [5.41, 5.74) is 2.65. The summed E-state index contributed by atoms with van der Waals surface area (Å²) in [6, 6.07) is 18.0. The lowest BCUT2D eigenvalue weighted by atomic mass is 10.1. The Labute approximate surface area is 172 Å². The molecule has 0 spiro atoms. The van der Waals surface area contributed by atoms with Gasteiger partial charge >= 0.3 is 0 Å². The van der Waals surface area contributed by atoms with Gasteiger partial charge in [0.2, 0.25) is 5.91 Å². The predicted octanol–water partition coefficient (Wildman–Crippen LogP) is 4.04. The van der Waals surface area contributed by atoms with E-state index in [1.165, 1.54) is 10.2 Å². The van der Waals surface area contributed by atoms with Crippen LogP contribution in [0.1, 0.15) is 12.5 Å². The number of anilines is 1. The Bertz CT molecular complexity index is 1240. The molecule has 29 heavy (non-hydrogen) atoms. The molecule has 0 saturated heterocycles. The number of halogens is 1. The Balaban J connectivity index is 1.73. The fourth-order valence-corrected chi connectivity index (χ4v) is 3.44. The van der Waals surface area contributed by atoms with E-state index in [0.29, 0.717) is 27.4 Å². The molecule has 0 saturated carbocycles. The van der Waals surface area contributed by atoms with Crippen molar-refractivity contribution in [3.05, 3.63) is 87.8 Å². The Kier molecular flexibility index (Phi) is 5.18. The van der Waals surface area contributed by atoms with E-state index in [0.717, 1.165) is 6.42 Å². The molecule has 7 heteroatoms. The Morgan fingerprint density at radius 2 is 1.90 bits per heavy atom. The number of carbonyl (C=O) groups excluding carboxylic acids is 1. The van der Waals surface area contributed by atoms with Crippen LogP contribution < -0.4 is 10.9 Å². The number of pyridine rings is 1. The molecule has 6 nitrogen and oxygen atoms in total. The molecular formula is C22H19ClN4O2. The maximum absolute atomic E-state index is 13.0. The minimum absolute atomic E-state index is 0.0716. The lowest BCUT2D eigenvalue weighted by Crippen LogP contribution is -2.27. The van der Waals surface area contributed by atoms with Gasteiger partial charge in [0, 0.05) is 16.9 Å². The minimum Gasteiger partial charge on any atom is -0.324 e. The summed E-state index contributed by atoms with van der Waals surface area (Å²) in [4.78, 5) is 30.1. The molecule has 146 valence electrons. The molecule has 0 atom stereocenters. The van der Waals surface area contributed by atoms with E-state index < -0.39 is 0 Å². The highest BCUT2D eigenvalue weighted by atomic mass is 35.5. The molecule has 0 fully saturated rings. The molecular weight excluding hydrogens is 388 g/mol. The van der Waals surface area contributed by atoms with Gasteiger partial charge in [-0.3, -0.25) is 14.3 Å². The third-order valence-corrected chi connectivity index (χ3v) is 4.92. The summed E-state index contributed by atoms with van der Waals surface area (Å²) in [7, 11) is 0. The summed E-state index contributed by atoms with van der Waals surface area (Å²) in [5, 5.41) is 3.81. The number of hydrogen-bond donors (Lipinski definition) is 1. The molecule has 4 aromatic rings. The largest absolute Gasteiger partial charge is 0.324 e. The van der Waals surface area contributed by atoms with Crippen LogP contribution >= 0.6 is 11.6 Å². The zero-order chi connectivity index (χ0) is 20.4. The Morgan fingerprint density at radius 1 is 1.10 bits per heavy atom. The van der Waals surface area contributed by atoms with Crippen LogP contribution in [0, 0.1) is 0 Å². The second-order valence-electron chi connectivity index (χ2n) is 6.63. The number of fused-ring (bicyclic) bond motifs is 1. The molecule has 2 heterocycles. The van der Waals surface area contributed by atoms with E-state index in [9.17, 15) is 9.59 Å². The topological polar surface area (TPSA) is 68.9 Å². The van der Waals surface area contributed by atoms with Gasteiger partial charge in [-0.2, -0.15) is 0 Å². The molecule has 2 aromatic carbocycles. The van der Waals surface area contributed by atoms with Crippen LogP contribution in [0.15, 0.2) is 71.7 Å². The van der Waals surface area contributed by atoms with Gasteiger partial charge in [0.05, 0.1) is 11.1 Å². The van der Waals surface area contributed by atoms with Gasteiger partial charge in [-0.25, -0.2) is 9.67 Å². The predicted molar refractivity (Wildman–Crippen MR) is 115 cm³/mol. The summed E-state index contributed by atoms with van der Waals surface area (Å²) in [6.45, 7) is 2.00. The number of benzene rings is 2. The number of carbonyl (C=O) groups is 1. The fourth-order valence-electron chi connectivity index (χ4n) is 3.26. The van der Waals surface area contributed by atoms with Crippen molar-refractivity contribution in [1.82, 2.24) is 14.3 Å². The molecule has 0 radical (unpaired) electrons. The molecule has 1 amide bonds. The van der Waals surface area contributed by atoms with Crippen LogP contribution in [0.5, 0.6) is 0 Å². The van der Waals surface area contributed by atoms with Gasteiger partial charge in [-0.05, 0) is 54.4 Å². The number of nitrogens with one attached hydrogen (secondary N) is 1. The van der Waals surface area contributed by atoms with Crippen molar-refractivity contribution in [3.63, 3.8) is 0 Å². The first-order valence-corrected chi connectivity index (χ1v) is 9.66. The first kappa shape index (κ1) is 19.0. The first-order valence-electron chi connectivity index (χ1n) is 9.28. The number of hydrogen-bond acceptors (Lipinski definition) is 3. The lowest BCUT2D eigenvalue weighted by Gasteiger charge is -2.13. The van der Waals surface area contributed by atoms with E-state index in [-0.39, 0.29) is 18.0 Å². The fraction of sp³-hybridized carbons (Fsp3) is 0.136. The number of aryl methyl sites for hydroxylation is 1. The van der Waals surface area contributed by atoms with E-state index >= 15 is 0 Å². The van der Waals surface area contributed by atoms with E-state index in [2.05, 4.69) is 17.2 Å². The third kappa shape index (κ3) is 3.79. The Hall–Kier alpha value is -3.38. The highest BCUT2D eigenvalue weighted by Gasteiger charge is 2.18. The summed E-state index contributed by atoms with van der Waals surface area (Å²) >= 11 is 6.12. The second-order valence-corrected chi connectivity index (χ2v) is 7.06. The van der Waals surface area contributed by atoms with Gasteiger partial charge in [-0.1, -0.05) is 36.7 Å². The van der Waals surface area contributed by atoms with Crippen LogP contribution in [0.25, 0.3) is 16.7 Å². The monoisotopic (exact) mass is 406 g/mol. The molecule has 0 aliphatic heterocycles. The van der Waals surface area contributed by atoms with Gasteiger partial charge in [-0.15, -0.1) is 0 Å². The van der Waals surface area contributed by atoms with Crippen molar-refractivity contribution in [2.45, 2.75) is 19.9 Å². The first-order chi connectivity index (χ1) is 14.1. The SMILES string of the molecule is CCc1ccc(NC(=O)Cn2c3ncccc3c(=O)n2-c2cccc(Cl)c2)cc1. The highest BCUT2D eigenvalue weighted by Crippen LogP contribution is 2.17.